The quantitative estimate of drug-likeness (QED) is 0.279. The lowest BCUT2D eigenvalue weighted by atomic mass is 10.2. The van der Waals surface area contributed by atoms with Crippen molar-refractivity contribution in [3.63, 3.8) is 0 Å². The summed E-state index contributed by atoms with van der Waals surface area (Å²) in [6.07, 6.45) is 0.586. The Labute approximate surface area is 209 Å². The normalized spacial score (nSPS) is 12.0. The second-order valence-corrected chi connectivity index (χ2v) is 11.4. The number of hydrogen-bond acceptors (Lipinski definition) is 9. The van der Waals surface area contributed by atoms with E-state index in [1.54, 1.807) is 18.4 Å². The first-order valence-corrected chi connectivity index (χ1v) is 13.6. The molecule has 35 heavy (non-hydrogen) atoms. The van der Waals surface area contributed by atoms with E-state index in [4.69, 9.17) is 19.2 Å². The molecule has 1 aromatic heterocycles. The smallest absolute Gasteiger partial charge is 0.414 e. The predicted molar refractivity (Wildman–Crippen MR) is 137 cm³/mol. The number of fused-ring (bicyclic) bond motifs is 1. The summed E-state index contributed by atoms with van der Waals surface area (Å²) in [6, 6.07) is 13.2. The third-order valence-corrected chi connectivity index (χ3v) is 6.21. The largest absolute Gasteiger partial charge is 0.491 e. The van der Waals surface area contributed by atoms with E-state index in [-0.39, 0.29) is 13.2 Å². The van der Waals surface area contributed by atoms with Crippen molar-refractivity contribution in [1.82, 2.24) is 4.98 Å². The molecule has 0 spiro atoms. The number of carbonyl (C=O) groups is 1. The number of nitrogens with zero attached hydrogens (tertiary/aromatic N) is 2. The summed E-state index contributed by atoms with van der Waals surface area (Å²) >= 11 is 1.54. The van der Waals surface area contributed by atoms with Crippen LogP contribution in [0, 0.1) is 0 Å². The number of thiazole rings is 1. The van der Waals surface area contributed by atoms with Gasteiger partial charge in [-0.25, -0.2) is 9.78 Å². The molecule has 3 aromatic rings. The van der Waals surface area contributed by atoms with Crippen molar-refractivity contribution in [2.24, 2.45) is 0 Å². The van der Waals surface area contributed by atoms with Crippen LogP contribution in [0.2, 0.25) is 0 Å². The number of amides is 1. The van der Waals surface area contributed by atoms with E-state index in [0.29, 0.717) is 19.0 Å². The number of ether oxygens (including phenoxy) is 3. The van der Waals surface area contributed by atoms with Crippen LogP contribution in [-0.2, 0) is 23.8 Å². The van der Waals surface area contributed by atoms with Crippen LogP contribution >= 0.6 is 11.3 Å². The lowest BCUT2D eigenvalue weighted by molar-refractivity contribution is 0.0589. The van der Waals surface area contributed by atoms with Gasteiger partial charge < -0.3 is 14.2 Å². The van der Waals surface area contributed by atoms with Gasteiger partial charge in [0.2, 0.25) is 0 Å². The van der Waals surface area contributed by atoms with Crippen molar-refractivity contribution in [1.29, 1.82) is 0 Å². The molecule has 0 unspecified atom stereocenters. The fourth-order valence-corrected chi connectivity index (χ4v) is 4.32. The minimum Gasteiger partial charge on any atom is -0.491 e. The monoisotopic (exact) mass is 522 g/mol. The van der Waals surface area contributed by atoms with Crippen LogP contribution in [0.25, 0.3) is 20.8 Å². The Balaban J connectivity index is 1.56. The van der Waals surface area contributed by atoms with Crippen molar-refractivity contribution >= 4 is 43.5 Å². The van der Waals surface area contributed by atoms with Crippen molar-refractivity contribution in [2.75, 3.05) is 44.6 Å². The predicted octanol–water partition coefficient (Wildman–Crippen LogP) is 4.71. The summed E-state index contributed by atoms with van der Waals surface area (Å²) in [5.41, 5.74) is 1.97. The molecule has 1 heterocycles. The molecule has 2 aromatic carbocycles. The average molecular weight is 523 g/mol. The standard InChI is InChI=1S/C24H30N2O7S2/c1-24(2,3)33-23(27)26(4)18-8-6-17(7-9-18)22-25-20-11-10-19(16-21(20)34-22)31-14-12-30-13-15-32-35(5,28)29/h6-11,16H,12-15H2,1-5H3. The molecule has 1 amide bonds. The van der Waals surface area contributed by atoms with Crippen LogP contribution in [0.3, 0.4) is 0 Å². The Kier molecular flexibility index (Phi) is 8.70. The first-order chi connectivity index (χ1) is 16.4. The highest BCUT2D eigenvalue weighted by Gasteiger charge is 2.20. The van der Waals surface area contributed by atoms with Gasteiger partial charge in [-0.05, 0) is 63.2 Å². The molecular weight excluding hydrogens is 492 g/mol. The van der Waals surface area contributed by atoms with Gasteiger partial charge in [-0.15, -0.1) is 11.3 Å². The molecular formula is C24H30N2O7S2. The summed E-state index contributed by atoms with van der Waals surface area (Å²) in [5.74, 6) is 0.693. The van der Waals surface area contributed by atoms with Gasteiger partial charge in [0.25, 0.3) is 10.1 Å². The summed E-state index contributed by atoms with van der Waals surface area (Å²) in [5, 5.41) is 0.859. The second-order valence-electron chi connectivity index (χ2n) is 8.72. The Morgan fingerprint density at radius 1 is 1.03 bits per heavy atom. The number of carbonyl (C=O) groups excluding carboxylic acids is 1. The minimum atomic E-state index is -3.45. The zero-order chi connectivity index (χ0) is 25.6. The Morgan fingerprint density at radius 3 is 2.37 bits per heavy atom. The van der Waals surface area contributed by atoms with Crippen LogP contribution in [0.1, 0.15) is 20.8 Å². The topological polar surface area (TPSA) is 104 Å². The van der Waals surface area contributed by atoms with Crippen LogP contribution in [0.15, 0.2) is 42.5 Å². The van der Waals surface area contributed by atoms with Crippen LogP contribution in [0.5, 0.6) is 5.75 Å². The fourth-order valence-electron chi connectivity index (χ4n) is 2.95. The molecule has 0 radical (unpaired) electrons. The van der Waals surface area contributed by atoms with Crippen molar-refractivity contribution < 1.29 is 31.6 Å². The molecule has 0 atom stereocenters. The molecule has 11 heteroatoms. The number of benzene rings is 2. The van der Waals surface area contributed by atoms with Gasteiger partial charge in [-0.3, -0.25) is 9.08 Å². The van der Waals surface area contributed by atoms with Gasteiger partial charge in [0.15, 0.2) is 0 Å². The molecule has 0 aliphatic carbocycles. The zero-order valence-corrected chi connectivity index (χ0v) is 22.1. The van der Waals surface area contributed by atoms with E-state index in [1.165, 1.54) is 4.90 Å². The number of hydrogen-bond donors (Lipinski definition) is 0. The van der Waals surface area contributed by atoms with Gasteiger partial charge >= 0.3 is 6.09 Å². The van der Waals surface area contributed by atoms with E-state index >= 15 is 0 Å². The van der Waals surface area contributed by atoms with Gasteiger partial charge in [0.05, 0.1) is 36.3 Å². The van der Waals surface area contributed by atoms with E-state index in [1.807, 2.05) is 63.2 Å². The molecule has 0 fully saturated rings. The zero-order valence-electron chi connectivity index (χ0n) is 20.4. The van der Waals surface area contributed by atoms with Gasteiger partial charge in [0, 0.05) is 18.3 Å². The van der Waals surface area contributed by atoms with Gasteiger partial charge in [-0.2, -0.15) is 8.42 Å². The molecule has 3 rings (SSSR count). The van der Waals surface area contributed by atoms with Crippen LogP contribution < -0.4 is 9.64 Å². The minimum absolute atomic E-state index is 0.0211. The Hall–Kier alpha value is -2.73. The third kappa shape index (κ3) is 8.46. The highest BCUT2D eigenvalue weighted by molar-refractivity contribution is 7.85. The van der Waals surface area contributed by atoms with Gasteiger partial charge in [0.1, 0.15) is 23.0 Å². The third-order valence-electron chi connectivity index (χ3n) is 4.55. The lowest BCUT2D eigenvalue weighted by Gasteiger charge is -2.24. The molecule has 0 N–H and O–H groups in total. The van der Waals surface area contributed by atoms with Gasteiger partial charge in [-0.1, -0.05) is 0 Å². The summed E-state index contributed by atoms with van der Waals surface area (Å²) in [6.45, 7) is 6.27. The lowest BCUT2D eigenvalue weighted by Crippen LogP contribution is -2.34. The average Bonchev–Trinajstić information content (AvgIpc) is 3.19. The Morgan fingerprint density at radius 2 is 1.71 bits per heavy atom. The van der Waals surface area contributed by atoms with E-state index in [0.717, 1.165) is 32.7 Å². The first-order valence-electron chi connectivity index (χ1n) is 10.9. The second kappa shape index (κ2) is 11.3. The fraction of sp³-hybridized carbons (Fsp3) is 0.417. The van der Waals surface area contributed by atoms with Crippen molar-refractivity contribution in [3.8, 4) is 16.3 Å². The number of aromatic nitrogens is 1. The molecule has 0 aliphatic rings. The van der Waals surface area contributed by atoms with Crippen molar-refractivity contribution in [3.05, 3.63) is 42.5 Å². The first kappa shape index (κ1) is 26.9. The maximum absolute atomic E-state index is 12.3. The maximum atomic E-state index is 12.3. The molecule has 0 bridgehead atoms. The molecule has 0 saturated carbocycles. The van der Waals surface area contributed by atoms with Crippen LogP contribution in [-0.4, -0.2) is 64.8 Å². The molecule has 0 aliphatic heterocycles. The molecule has 0 saturated heterocycles. The summed E-state index contributed by atoms with van der Waals surface area (Å²) < 4.78 is 43.8. The van der Waals surface area contributed by atoms with E-state index < -0.39 is 21.8 Å². The molecule has 9 nitrogen and oxygen atoms in total. The Bertz CT molecular complexity index is 1250. The highest BCUT2D eigenvalue weighted by Crippen LogP contribution is 2.33. The van der Waals surface area contributed by atoms with E-state index in [2.05, 4.69) is 4.18 Å². The molecule has 190 valence electrons. The summed E-state index contributed by atoms with van der Waals surface area (Å²) in [4.78, 5) is 18.5. The number of anilines is 1. The highest BCUT2D eigenvalue weighted by atomic mass is 32.2. The van der Waals surface area contributed by atoms with Crippen LogP contribution in [0.4, 0.5) is 10.5 Å². The maximum Gasteiger partial charge on any atom is 0.414 e. The van der Waals surface area contributed by atoms with Crippen molar-refractivity contribution in [2.45, 2.75) is 26.4 Å². The summed E-state index contributed by atoms with van der Waals surface area (Å²) in [7, 11) is -1.77. The SMILES string of the molecule is CN(C(=O)OC(C)(C)C)c1ccc(-c2nc3ccc(OCCOCCOS(C)(=O)=O)cc3s2)cc1. The number of rotatable bonds is 10. The van der Waals surface area contributed by atoms with E-state index in [9.17, 15) is 13.2 Å².